The topological polar surface area (TPSA) is 76.9 Å². The summed E-state index contributed by atoms with van der Waals surface area (Å²) in [6.45, 7) is 1.46. The fraction of sp³-hybridized carbons (Fsp3) is 0.235. The molecule has 0 radical (unpaired) electrons. The molecule has 0 N–H and O–H groups in total. The molecule has 1 aliphatic heterocycles. The van der Waals surface area contributed by atoms with Crippen LogP contribution in [0.5, 0.6) is 5.88 Å². The van der Waals surface area contributed by atoms with Crippen LogP contribution in [0.1, 0.15) is 11.3 Å². The molecule has 0 saturated heterocycles. The van der Waals surface area contributed by atoms with E-state index in [2.05, 4.69) is 29.8 Å². The van der Waals surface area contributed by atoms with Gasteiger partial charge in [-0.1, -0.05) is 11.6 Å². The number of ether oxygens (including phenoxy) is 1. The van der Waals surface area contributed by atoms with E-state index in [1.165, 1.54) is 0 Å². The van der Waals surface area contributed by atoms with Gasteiger partial charge in [0.1, 0.15) is 5.82 Å². The predicted molar refractivity (Wildman–Crippen MR) is 93.6 cm³/mol. The average Bonchev–Trinajstić information content (AvgIpc) is 2.67. The Bertz CT molecular complexity index is 905. The molecule has 0 aromatic carbocycles. The Labute approximate surface area is 149 Å². The number of halogens is 1. The van der Waals surface area contributed by atoms with Crippen molar-refractivity contribution in [2.45, 2.75) is 13.0 Å². The molecular weight excluding hydrogens is 340 g/mol. The second kappa shape index (κ2) is 6.60. The first-order chi connectivity index (χ1) is 12.2. The van der Waals surface area contributed by atoms with E-state index in [0.717, 1.165) is 30.0 Å². The summed E-state index contributed by atoms with van der Waals surface area (Å²) in [4.78, 5) is 24.1. The predicted octanol–water partition coefficient (Wildman–Crippen LogP) is 2.55. The highest BCUT2D eigenvalue weighted by molar-refractivity contribution is 6.30. The third-order valence-electron chi connectivity index (χ3n) is 3.99. The summed E-state index contributed by atoms with van der Waals surface area (Å²) in [5, 5.41) is 0.598. The van der Waals surface area contributed by atoms with Gasteiger partial charge in [-0.05, 0) is 12.1 Å². The Morgan fingerprint density at radius 1 is 1.08 bits per heavy atom. The van der Waals surface area contributed by atoms with E-state index in [1.54, 1.807) is 31.6 Å². The maximum Gasteiger partial charge on any atom is 0.216 e. The van der Waals surface area contributed by atoms with Crippen molar-refractivity contribution in [3.05, 3.63) is 53.1 Å². The van der Waals surface area contributed by atoms with Crippen LogP contribution in [0.4, 0.5) is 5.82 Å². The van der Waals surface area contributed by atoms with Gasteiger partial charge in [0.15, 0.2) is 11.6 Å². The van der Waals surface area contributed by atoms with Crippen molar-refractivity contribution in [3.63, 3.8) is 0 Å². The van der Waals surface area contributed by atoms with Gasteiger partial charge in [0.2, 0.25) is 5.88 Å². The van der Waals surface area contributed by atoms with Crippen molar-refractivity contribution in [2.75, 3.05) is 18.6 Å². The molecule has 25 heavy (non-hydrogen) atoms. The van der Waals surface area contributed by atoms with Gasteiger partial charge >= 0.3 is 0 Å². The summed E-state index contributed by atoms with van der Waals surface area (Å²) >= 11 is 6.15. The van der Waals surface area contributed by atoms with Crippen molar-refractivity contribution in [3.8, 4) is 17.5 Å². The second-order valence-corrected chi connectivity index (χ2v) is 6.03. The first kappa shape index (κ1) is 15.7. The Morgan fingerprint density at radius 3 is 2.72 bits per heavy atom. The SMILES string of the molecule is COc1cc(Cl)cc(N2CCc3nc(-c4ncccn4)ncc3C2)n1. The number of methoxy groups -OCH3 is 1. The van der Waals surface area contributed by atoms with Crippen molar-refractivity contribution < 1.29 is 4.74 Å². The van der Waals surface area contributed by atoms with Gasteiger partial charge < -0.3 is 9.64 Å². The molecule has 0 amide bonds. The number of hydrogen-bond donors (Lipinski definition) is 0. The van der Waals surface area contributed by atoms with Crippen molar-refractivity contribution in [2.24, 2.45) is 0 Å². The summed E-state index contributed by atoms with van der Waals surface area (Å²) < 4.78 is 5.20. The molecule has 1 aliphatic rings. The zero-order valence-corrected chi connectivity index (χ0v) is 14.3. The van der Waals surface area contributed by atoms with Crippen LogP contribution in [-0.4, -0.2) is 38.6 Å². The van der Waals surface area contributed by atoms with Gasteiger partial charge in [-0.15, -0.1) is 0 Å². The minimum absolute atomic E-state index is 0.501. The Morgan fingerprint density at radius 2 is 1.92 bits per heavy atom. The van der Waals surface area contributed by atoms with Crippen molar-refractivity contribution >= 4 is 17.4 Å². The number of hydrogen-bond acceptors (Lipinski definition) is 7. The molecule has 0 bridgehead atoms. The van der Waals surface area contributed by atoms with Gasteiger partial charge in [0.05, 0.1) is 12.8 Å². The van der Waals surface area contributed by atoms with Gasteiger partial charge in [0, 0.05) is 54.8 Å². The van der Waals surface area contributed by atoms with E-state index < -0.39 is 0 Å². The van der Waals surface area contributed by atoms with E-state index in [1.807, 2.05) is 12.3 Å². The van der Waals surface area contributed by atoms with Crippen LogP contribution < -0.4 is 9.64 Å². The minimum Gasteiger partial charge on any atom is -0.481 e. The highest BCUT2D eigenvalue weighted by Gasteiger charge is 2.21. The van der Waals surface area contributed by atoms with Gasteiger partial charge in [-0.3, -0.25) is 0 Å². The van der Waals surface area contributed by atoms with Crippen LogP contribution in [0.15, 0.2) is 36.8 Å². The summed E-state index contributed by atoms with van der Waals surface area (Å²) in [6, 6.07) is 5.30. The summed E-state index contributed by atoms with van der Waals surface area (Å²) in [5.74, 6) is 2.37. The summed E-state index contributed by atoms with van der Waals surface area (Å²) in [5.41, 5.74) is 2.08. The lowest BCUT2D eigenvalue weighted by Crippen LogP contribution is -2.32. The van der Waals surface area contributed by atoms with Crippen molar-refractivity contribution in [1.82, 2.24) is 24.9 Å². The fourth-order valence-corrected chi connectivity index (χ4v) is 2.95. The molecule has 4 rings (SSSR count). The molecule has 0 fully saturated rings. The molecular formula is C17H15ClN6O. The normalized spacial score (nSPS) is 13.4. The van der Waals surface area contributed by atoms with Crippen LogP contribution in [0.25, 0.3) is 11.6 Å². The Kier molecular flexibility index (Phi) is 4.15. The lowest BCUT2D eigenvalue weighted by atomic mass is 10.1. The van der Waals surface area contributed by atoms with E-state index in [0.29, 0.717) is 29.1 Å². The Balaban J connectivity index is 1.61. The molecule has 3 aromatic rings. The second-order valence-electron chi connectivity index (χ2n) is 5.60. The average molecular weight is 355 g/mol. The molecule has 0 saturated carbocycles. The number of pyridine rings is 1. The third-order valence-corrected chi connectivity index (χ3v) is 4.20. The minimum atomic E-state index is 0.501. The van der Waals surface area contributed by atoms with Crippen LogP contribution in [0, 0.1) is 0 Å². The summed E-state index contributed by atoms with van der Waals surface area (Å²) in [6.07, 6.45) is 5.99. The van der Waals surface area contributed by atoms with Crippen LogP contribution in [0.3, 0.4) is 0 Å². The number of fused-ring (bicyclic) bond motifs is 1. The maximum absolute atomic E-state index is 6.15. The zero-order valence-electron chi connectivity index (χ0n) is 13.6. The largest absolute Gasteiger partial charge is 0.481 e. The zero-order chi connectivity index (χ0) is 17.2. The number of aromatic nitrogens is 5. The third kappa shape index (κ3) is 3.23. The standard InChI is InChI=1S/C17H15ClN6O/c1-25-15-8-12(18)7-14(23-15)24-6-3-13-11(10-24)9-21-17(22-13)16-19-4-2-5-20-16/h2,4-5,7-9H,3,6,10H2,1H3. The number of nitrogens with zero attached hydrogens (tertiary/aromatic N) is 6. The highest BCUT2D eigenvalue weighted by atomic mass is 35.5. The molecule has 0 atom stereocenters. The molecule has 126 valence electrons. The monoisotopic (exact) mass is 354 g/mol. The quantitative estimate of drug-likeness (QED) is 0.715. The Hall–Kier alpha value is -2.80. The van der Waals surface area contributed by atoms with Gasteiger partial charge in [-0.2, -0.15) is 4.98 Å². The molecule has 3 aromatic heterocycles. The summed E-state index contributed by atoms with van der Waals surface area (Å²) in [7, 11) is 1.58. The maximum atomic E-state index is 6.15. The number of rotatable bonds is 3. The highest BCUT2D eigenvalue weighted by Crippen LogP contribution is 2.27. The molecule has 8 heteroatoms. The first-order valence-electron chi connectivity index (χ1n) is 7.81. The van der Waals surface area contributed by atoms with Gasteiger partial charge in [-0.25, -0.2) is 19.9 Å². The van der Waals surface area contributed by atoms with E-state index in [-0.39, 0.29) is 0 Å². The molecule has 7 nitrogen and oxygen atoms in total. The van der Waals surface area contributed by atoms with Crippen LogP contribution in [-0.2, 0) is 13.0 Å². The molecule has 0 aliphatic carbocycles. The van der Waals surface area contributed by atoms with Crippen LogP contribution >= 0.6 is 11.6 Å². The smallest absolute Gasteiger partial charge is 0.216 e. The van der Waals surface area contributed by atoms with Crippen molar-refractivity contribution in [1.29, 1.82) is 0 Å². The lowest BCUT2D eigenvalue weighted by molar-refractivity contribution is 0.397. The van der Waals surface area contributed by atoms with E-state index >= 15 is 0 Å². The van der Waals surface area contributed by atoms with Gasteiger partial charge in [0.25, 0.3) is 0 Å². The van der Waals surface area contributed by atoms with E-state index in [4.69, 9.17) is 16.3 Å². The number of anilines is 1. The lowest BCUT2D eigenvalue weighted by Gasteiger charge is -2.29. The fourth-order valence-electron chi connectivity index (χ4n) is 2.76. The molecule has 4 heterocycles. The van der Waals surface area contributed by atoms with Crippen LogP contribution in [0.2, 0.25) is 5.02 Å². The molecule has 0 unspecified atom stereocenters. The molecule has 0 spiro atoms. The van der Waals surface area contributed by atoms with E-state index in [9.17, 15) is 0 Å². The first-order valence-corrected chi connectivity index (χ1v) is 8.19.